The summed E-state index contributed by atoms with van der Waals surface area (Å²) >= 11 is 0. The van der Waals surface area contributed by atoms with Gasteiger partial charge in [-0.3, -0.25) is 4.79 Å². The van der Waals surface area contributed by atoms with Gasteiger partial charge in [-0.2, -0.15) is 0 Å². The topological polar surface area (TPSA) is 115 Å². The van der Waals surface area contributed by atoms with Crippen LogP contribution in [0.4, 0.5) is 0 Å². The van der Waals surface area contributed by atoms with E-state index >= 15 is 0 Å². The molecule has 200 valence electrons. The molecule has 1 aromatic carbocycles. The lowest BCUT2D eigenvalue weighted by Crippen LogP contribution is -2.73. The van der Waals surface area contributed by atoms with Gasteiger partial charge in [0.05, 0.1) is 25.4 Å². The zero-order valence-corrected chi connectivity index (χ0v) is 21.6. The van der Waals surface area contributed by atoms with Crippen molar-refractivity contribution in [1.29, 1.82) is 0 Å². The molecule has 1 aromatic rings. The second-order valence-electron chi connectivity index (χ2n) is 12.1. The number of aliphatic hydroxyl groups excluding tert-OH is 1. The number of aliphatic hydroxyl groups is 2. The number of ether oxygens (including phenoxy) is 4. The molecule has 8 heteroatoms. The smallest absolute Gasteiger partial charge is 0.331 e. The standard InChI is InChI=1S/C29H36O8/c1-17-22(32)24(37-21(31)10-9-18-7-5-4-6-8-18)27(3)23(19(30)11-12-29(27)16-35-29)26(17,2)20-15-28(33)13-14-34-25(28)36-20/h4-10,17,20,22-25,32-33H,11-16H2,1-3H3/b10-9-/t17-,20+,22-,23-,24+,25+,26-,27+,28+,29+/m1/s1. The molecule has 3 saturated heterocycles. The number of ketones is 1. The van der Waals surface area contributed by atoms with E-state index in [2.05, 4.69) is 0 Å². The van der Waals surface area contributed by atoms with Crippen molar-refractivity contribution in [3.8, 4) is 0 Å². The zero-order valence-electron chi connectivity index (χ0n) is 21.6. The second-order valence-corrected chi connectivity index (χ2v) is 12.1. The summed E-state index contributed by atoms with van der Waals surface area (Å²) < 4.78 is 24.0. The molecule has 1 spiro atoms. The highest BCUT2D eigenvalue weighted by molar-refractivity contribution is 5.88. The fourth-order valence-corrected chi connectivity index (χ4v) is 7.97. The van der Waals surface area contributed by atoms with Crippen LogP contribution in [0.2, 0.25) is 0 Å². The van der Waals surface area contributed by atoms with Crippen molar-refractivity contribution in [2.24, 2.45) is 22.7 Å². The summed E-state index contributed by atoms with van der Waals surface area (Å²) in [5.41, 5.74) is -2.72. The number of hydrogen-bond acceptors (Lipinski definition) is 8. The van der Waals surface area contributed by atoms with Gasteiger partial charge in [-0.25, -0.2) is 4.79 Å². The van der Waals surface area contributed by atoms with Crippen LogP contribution < -0.4 is 0 Å². The van der Waals surface area contributed by atoms with E-state index < -0.39 is 64.4 Å². The third-order valence-electron chi connectivity index (χ3n) is 10.4. The first kappa shape index (κ1) is 25.2. The monoisotopic (exact) mass is 512 g/mol. The Labute approximate surface area is 216 Å². The molecule has 6 rings (SSSR count). The molecule has 2 aliphatic carbocycles. The van der Waals surface area contributed by atoms with Crippen molar-refractivity contribution in [2.75, 3.05) is 13.2 Å². The fourth-order valence-electron chi connectivity index (χ4n) is 7.97. The van der Waals surface area contributed by atoms with Crippen molar-refractivity contribution in [3.05, 3.63) is 42.0 Å². The van der Waals surface area contributed by atoms with E-state index in [1.165, 1.54) is 6.08 Å². The molecule has 3 aliphatic heterocycles. The van der Waals surface area contributed by atoms with E-state index in [9.17, 15) is 19.8 Å². The number of carbonyl (C=O) groups excluding carboxylic acids is 2. The van der Waals surface area contributed by atoms with Gasteiger partial charge in [-0.1, -0.05) is 51.1 Å². The predicted molar refractivity (Wildman–Crippen MR) is 132 cm³/mol. The van der Waals surface area contributed by atoms with Gasteiger partial charge in [0.1, 0.15) is 23.1 Å². The van der Waals surface area contributed by atoms with Crippen LogP contribution in [-0.2, 0) is 28.5 Å². The minimum atomic E-state index is -1.11. The summed E-state index contributed by atoms with van der Waals surface area (Å²) in [4.78, 5) is 26.8. The summed E-state index contributed by atoms with van der Waals surface area (Å²) in [5.74, 6) is -1.59. The van der Waals surface area contributed by atoms with Crippen LogP contribution in [0.1, 0.15) is 52.0 Å². The lowest BCUT2D eigenvalue weighted by Gasteiger charge is -2.63. The third kappa shape index (κ3) is 3.53. The van der Waals surface area contributed by atoms with Crippen LogP contribution in [0.5, 0.6) is 0 Å². The van der Waals surface area contributed by atoms with Crippen LogP contribution in [0.25, 0.3) is 6.08 Å². The Morgan fingerprint density at radius 1 is 1.19 bits per heavy atom. The molecule has 0 bridgehead atoms. The highest BCUT2D eigenvalue weighted by Crippen LogP contribution is 2.69. The van der Waals surface area contributed by atoms with Gasteiger partial charge in [0.2, 0.25) is 0 Å². The maximum Gasteiger partial charge on any atom is 0.331 e. The van der Waals surface area contributed by atoms with Crippen LogP contribution in [0.3, 0.4) is 0 Å². The molecule has 0 aromatic heterocycles. The lowest BCUT2D eigenvalue weighted by molar-refractivity contribution is -0.263. The van der Waals surface area contributed by atoms with E-state index in [-0.39, 0.29) is 5.78 Å². The van der Waals surface area contributed by atoms with Gasteiger partial charge in [-0.15, -0.1) is 0 Å². The molecule has 3 heterocycles. The summed E-state index contributed by atoms with van der Waals surface area (Å²) in [6.07, 6.45) is 1.44. The molecule has 0 radical (unpaired) electrons. The maximum absolute atomic E-state index is 13.8. The Kier molecular flexibility index (Phi) is 5.75. The lowest BCUT2D eigenvalue weighted by atomic mass is 9.41. The van der Waals surface area contributed by atoms with Gasteiger partial charge in [0, 0.05) is 42.1 Å². The first-order chi connectivity index (χ1) is 17.5. The largest absolute Gasteiger partial charge is 0.456 e. The van der Waals surface area contributed by atoms with Crippen LogP contribution in [-0.4, -0.2) is 71.0 Å². The Morgan fingerprint density at radius 3 is 2.59 bits per heavy atom. The molecule has 10 atom stereocenters. The minimum absolute atomic E-state index is 0.0549. The van der Waals surface area contributed by atoms with Crippen molar-refractivity contribution in [1.82, 2.24) is 0 Å². The summed E-state index contributed by atoms with van der Waals surface area (Å²) in [6, 6.07) is 9.42. The number of fused-ring (bicyclic) bond motifs is 3. The van der Waals surface area contributed by atoms with Gasteiger partial charge < -0.3 is 29.2 Å². The average molecular weight is 513 g/mol. The van der Waals surface area contributed by atoms with Crippen LogP contribution in [0, 0.1) is 22.7 Å². The van der Waals surface area contributed by atoms with Crippen molar-refractivity contribution in [2.45, 2.75) is 82.3 Å². The summed E-state index contributed by atoms with van der Waals surface area (Å²) in [6.45, 7) is 6.66. The van der Waals surface area contributed by atoms with Gasteiger partial charge in [-0.05, 0) is 24.0 Å². The zero-order chi connectivity index (χ0) is 26.2. The van der Waals surface area contributed by atoms with E-state index in [1.54, 1.807) is 6.08 Å². The van der Waals surface area contributed by atoms with Crippen molar-refractivity contribution in [3.63, 3.8) is 0 Å². The van der Waals surface area contributed by atoms with E-state index in [0.29, 0.717) is 38.9 Å². The van der Waals surface area contributed by atoms with Crippen LogP contribution in [0.15, 0.2) is 36.4 Å². The Hall–Kier alpha value is -2.10. The second kappa shape index (κ2) is 8.45. The van der Waals surface area contributed by atoms with Gasteiger partial charge in [0.15, 0.2) is 6.29 Å². The molecular weight excluding hydrogens is 476 g/mol. The van der Waals surface area contributed by atoms with E-state index in [4.69, 9.17) is 18.9 Å². The number of benzene rings is 1. The average Bonchev–Trinajstić information content (AvgIpc) is 3.48. The predicted octanol–water partition coefficient (Wildman–Crippen LogP) is 2.65. The molecule has 2 saturated carbocycles. The number of esters is 1. The fraction of sp³-hybridized carbons (Fsp3) is 0.655. The van der Waals surface area contributed by atoms with E-state index in [1.807, 2.05) is 51.1 Å². The van der Waals surface area contributed by atoms with Gasteiger partial charge >= 0.3 is 5.97 Å². The highest BCUT2D eigenvalue weighted by atomic mass is 16.7. The third-order valence-corrected chi connectivity index (χ3v) is 10.4. The first-order valence-electron chi connectivity index (χ1n) is 13.3. The quantitative estimate of drug-likeness (QED) is 0.360. The molecule has 5 fully saturated rings. The number of Topliss-reactive ketones (excluding diaryl/α,β-unsaturated/α-hetero) is 1. The number of epoxide rings is 1. The number of rotatable bonds is 4. The molecular formula is C29H36O8. The molecule has 8 nitrogen and oxygen atoms in total. The Bertz CT molecular complexity index is 1110. The molecule has 37 heavy (non-hydrogen) atoms. The Balaban J connectivity index is 1.36. The first-order valence-corrected chi connectivity index (χ1v) is 13.3. The number of hydrogen-bond donors (Lipinski definition) is 2. The summed E-state index contributed by atoms with van der Waals surface area (Å²) in [5, 5.41) is 22.9. The normalized spacial score (nSPS) is 48.7. The van der Waals surface area contributed by atoms with Crippen molar-refractivity contribution < 1.29 is 38.7 Å². The highest BCUT2D eigenvalue weighted by Gasteiger charge is 2.78. The molecule has 0 unspecified atom stereocenters. The van der Waals surface area contributed by atoms with Gasteiger partial charge in [0.25, 0.3) is 0 Å². The Morgan fingerprint density at radius 2 is 1.92 bits per heavy atom. The summed E-state index contributed by atoms with van der Waals surface area (Å²) in [7, 11) is 0. The van der Waals surface area contributed by atoms with Crippen molar-refractivity contribution >= 4 is 17.8 Å². The van der Waals surface area contributed by atoms with Crippen LogP contribution >= 0.6 is 0 Å². The number of carbonyl (C=O) groups is 2. The molecule has 2 N–H and O–H groups in total. The molecule has 0 amide bonds. The van der Waals surface area contributed by atoms with E-state index in [0.717, 1.165) is 5.56 Å². The SMILES string of the molecule is C[C@@H]1[C@@H](O)[C@H](OC(=O)/C=C\c2ccccc2)[C@]2(C)[C@H](C(=O)CC[C@]23CO3)[C@@]1(C)[C@@H]1C[C@@]2(O)CCO[C@H]2O1. The minimum Gasteiger partial charge on any atom is -0.456 e. The molecule has 5 aliphatic rings. The maximum atomic E-state index is 13.8.